The third-order valence-corrected chi connectivity index (χ3v) is 1.82. The number of hydrogen-bond acceptors (Lipinski definition) is 4. The summed E-state index contributed by atoms with van der Waals surface area (Å²) in [5.74, 6) is -1.23. The van der Waals surface area contributed by atoms with E-state index in [1.807, 2.05) is 6.92 Å². The van der Waals surface area contributed by atoms with Crippen LogP contribution < -0.4 is 4.74 Å². The fourth-order valence-electron chi connectivity index (χ4n) is 1.02. The van der Waals surface area contributed by atoms with Gasteiger partial charge in [-0.2, -0.15) is 0 Å². The molecule has 76 valence electrons. The minimum atomic E-state index is -0.916. The first kappa shape index (κ1) is 10.4. The van der Waals surface area contributed by atoms with E-state index in [0.717, 1.165) is 0 Å². The van der Waals surface area contributed by atoms with E-state index in [-0.39, 0.29) is 0 Å². The molecule has 1 N–H and O–H groups in total. The fourth-order valence-corrected chi connectivity index (χ4v) is 1.02. The van der Waals surface area contributed by atoms with Gasteiger partial charge in [0.1, 0.15) is 6.33 Å². The molecule has 1 aromatic rings. The van der Waals surface area contributed by atoms with Gasteiger partial charge in [0.25, 0.3) is 0 Å². The standard InChI is InChI=1S/C9H12N2O3/c1-3-14-8-7(4-10-5-11-8)6(2)9(12)13/h4-6H,3H2,1-2H3,(H,12,13). The van der Waals surface area contributed by atoms with E-state index < -0.39 is 11.9 Å². The highest BCUT2D eigenvalue weighted by molar-refractivity contribution is 5.76. The van der Waals surface area contributed by atoms with Crippen LogP contribution in [0.25, 0.3) is 0 Å². The van der Waals surface area contributed by atoms with Gasteiger partial charge in [-0.3, -0.25) is 4.79 Å². The lowest BCUT2D eigenvalue weighted by atomic mass is 10.1. The summed E-state index contributed by atoms with van der Waals surface area (Å²) in [4.78, 5) is 18.4. The Labute approximate surface area is 81.8 Å². The molecule has 0 aliphatic rings. The molecule has 0 aliphatic heterocycles. The van der Waals surface area contributed by atoms with Crippen LogP contribution in [0.3, 0.4) is 0 Å². The minimum Gasteiger partial charge on any atom is -0.481 e. The Balaban J connectivity index is 3.00. The fraction of sp³-hybridized carbons (Fsp3) is 0.444. The first-order chi connectivity index (χ1) is 6.66. The monoisotopic (exact) mass is 196 g/mol. The van der Waals surface area contributed by atoms with E-state index in [1.54, 1.807) is 6.92 Å². The highest BCUT2D eigenvalue weighted by Crippen LogP contribution is 2.23. The van der Waals surface area contributed by atoms with Crippen molar-refractivity contribution in [2.24, 2.45) is 0 Å². The number of rotatable bonds is 4. The average molecular weight is 196 g/mol. The van der Waals surface area contributed by atoms with Crippen LogP contribution in [0.4, 0.5) is 0 Å². The summed E-state index contributed by atoms with van der Waals surface area (Å²) in [5.41, 5.74) is 0.502. The van der Waals surface area contributed by atoms with Crippen LogP contribution in [-0.2, 0) is 4.79 Å². The van der Waals surface area contributed by atoms with Gasteiger partial charge in [-0.25, -0.2) is 9.97 Å². The van der Waals surface area contributed by atoms with Crippen molar-refractivity contribution in [3.8, 4) is 5.88 Å². The van der Waals surface area contributed by atoms with E-state index in [9.17, 15) is 4.79 Å². The molecular weight excluding hydrogens is 184 g/mol. The Bertz CT molecular complexity index is 328. The van der Waals surface area contributed by atoms with Crippen LogP contribution >= 0.6 is 0 Å². The van der Waals surface area contributed by atoms with Crippen molar-refractivity contribution in [3.05, 3.63) is 18.1 Å². The number of aromatic nitrogens is 2. The largest absolute Gasteiger partial charge is 0.481 e. The van der Waals surface area contributed by atoms with Gasteiger partial charge in [0.15, 0.2) is 0 Å². The number of nitrogens with zero attached hydrogens (tertiary/aromatic N) is 2. The third-order valence-electron chi connectivity index (χ3n) is 1.82. The van der Waals surface area contributed by atoms with Crippen molar-refractivity contribution in [1.29, 1.82) is 0 Å². The van der Waals surface area contributed by atoms with Crippen molar-refractivity contribution in [3.63, 3.8) is 0 Å². The molecule has 0 aliphatic carbocycles. The SMILES string of the molecule is CCOc1ncncc1C(C)C(=O)O. The van der Waals surface area contributed by atoms with Gasteiger partial charge in [-0.05, 0) is 13.8 Å². The molecule has 0 aromatic carbocycles. The molecule has 5 nitrogen and oxygen atoms in total. The second kappa shape index (κ2) is 4.55. The number of aliphatic carboxylic acids is 1. The van der Waals surface area contributed by atoms with Crippen molar-refractivity contribution in [2.45, 2.75) is 19.8 Å². The summed E-state index contributed by atoms with van der Waals surface area (Å²) in [6.07, 6.45) is 2.81. The molecule has 0 saturated carbocycles. The average Bonchev–Trinajstić information content (AvgIpc) is 2.18. The Morgan fingerprint density at radius 1 is 1.71 bits per heavy atom. The molecule has 0 amide bonds. The Morgan fingerprint density at radius 2 is 2.43 bits per heavy atom. The first-order valence-corrected chi connectivity index (χ1v) is 4.32. The van der Waals surface area contributed by atoms with E-state index in [0.29, 0.717) is 18.1 Å². The maximum atomic E-state index is 10.7. The quantitative estimate of drug-likeness (QED) is 0.779. The second-order valence-electron chi connectivity index (χ2n) is 2.78. The molecule has 1 aromatic heterocycles. The van der Waals surface area contributed by atoms with E-state index >= 15 is 0 Å². The number of hydrogen-bond donors (Lipinski definition) is 1. The van der Waals surface area contributed by atoms with Gasteiger partial charge in [-0.1, -0.05) is 0 Å². The minimum absolute atomic E-state index is 0.345. The highest BCUT2D eigenvalue weighted by atomic mass is 16.5. The molecule has 1 rings (SSSR count). The molecule has 1 atom stereocenters. The molecule has 0 bridgehead atoms. The number of carbonyl (C=O) groups is 1. The van der Waals surface area contributed by atoms with Crippen molar-refractivity contribution in [2.75, 3.05) is 6.61 Å². The summed E-state index contributed by atoms with van der Waals surface area (Å²) in [6.45, 7) is 3.84. The lowest BCUT2D eigenvalue weighted by molar-refractivity contribution is -0.138. The van der Waals surface area contributed by atoms with Crippen molar-refractivity contribution < 1.29 is 14.6 Å². The molecule has 1 unspecified atom stereocenters. The summed E-state index contributed by atoms with van der Waals surface area (Å²) in [5, 5.41) is 8.82. The topological polar surface area (TPSA) is 72.3 Å². The van der Waals surface area contributed by atoms with Crippen molar-refractivity contribution in [1.82, 2.24) is 9.97 Å². The normalized spacial score (nSPS) is 12.1. The summed E-state index contributed by atoms with van der Waals surface area (Å²) >= 11 is 0. The van der Waals surface area contributed by atoms with Gasteiger partial charge in [0.05, 0.1) is 12.5 Å². The molecule has 5 heteroatoms. The summed E-state index contributed by atoms with van der Waals surface area (Å²) < 4.78 is 5.19. The van der Waals surface area contributed by atoms with Crippen molar-refractivity contribution >= 4 is 5.97 Å². The van der Waals surface area contributed by atoms with Gasteiger partial charge >= 0.3 is 5.97 Å². The van der Waals surface area contributed by atoms with Crippen LogP contribution in [0, 0.1) is 0 Å². The molecule has 0 spiro atoms. The summed E-state index contributed by atoms with van der Waals surface area (Å²) in [6, 6.07) is 0. The molecule has 1 heterocycles. The van der Waals surface area contributed by atoms with Gasteiger partial charge in [-0.15, -0.1) is 0 Å². The summed E-state index contributed by atoms with van der Waals surface area (Å²) in [7, 11) is 0. The third kappa shape index (κ3) is 2.18. The molecule has 0 radical (unpaired) electrons. The zero-order valence-corrected chi connectivity index (χ0v) is 8.10. The van der Waals surface area contributed by atoms with Crippen LogP contribution in [0.15, 0.2) is 12.5 Å². The van der Waals surface area contributed by atoms with E-state index in [2.05, 4.69) is 9.97 Å². The molecule has 0 fully saturated rings. The Kier molecular flexibility index (Phi) is 3.39. The van der Waals surface area contributed by atoms with E-state index in [4.69, 9.17) is 9.84 Å². The maximum Gasteiger partial charge on any atom is 0.310 e. The highest BCUT2D eigenvalue weighted by Gasteiger charge is 2.19. The zero-order valence-electron chi connectivity index (χ0n) is 8.10. The smallest absolute Gasteiger partial charge is 0.310 e. The molecule has 14 heavy (non-hydrogen) atoms. The van der Waals surface area contributed by atoms with E-state index in [1.165, 1.54) is 12.5 Å². The molecular formula is C9H12N2O3. The van der Waals surface area contributed by atoms with Gasteiger partial charge in [0.2, 0.25) is 5.88 Å². The molecule has 0 saturated heterocycles. The maximum absolute atomic E-state index is 10.7. The first-order valence-electron chi connectivity index (χ1n) is 4.32. The zero-order chi connectivity index (χ0) is 10.6. The van der Waals surface area contributed by atoms with Gasteiger partial charge in [0, 0.05) is 11.8 Å². The lowest BCUT2D eigenvalue weighted by Gasteiger charge is -2.10. The van der Waals surface area contributed by atoms with Crippen LogP contribution in [-0.4, -0.2) is 27.7 Å². The van der Waals surface area contributed by atoms with Crippen LogP contribution in [0.1, 0.15) is 25.3 Å². The van der Waals surface area contributed by atoms with Gasteiger partial charge < -0.3 is 9.84 Å². The number of ether oxygens (including phenoxy) is 1. The Morgan fingerprint density at radius 3 is 3.00 bits per heavy atom. The lowest BCUT2D eigenvalue weighted by Crippen LogP contribution is -2.10. The second-order valence-corrected chi connectivity index (χ2v) is 2.78. The van der Waals surface area contributed by atoms with Crippen LogP contribution in [0.5, 0.6) is 5.88 Å². The van der Waals surface area contributed by atoms with Crippen LogP contribution in [0.2, 0.25) is 0 Å². The predicted octanol–water partition coefficient (Wildman–Crippen LogP) is 1.06. The number of carboxylic acid groups (broad SMARTS) is 1. The Hall–Kier alpha value is -1.65. The number of carboxylic acids is 1. The predicted molar refractivity (Wildman–Crippen MR) is 49.3 cm³/mol.